The lowest BCUT2D eigenvalue weighted by atomic mass is 10.1. The van der Waals surface area contributed by atoms with Crippen molar-refractivity contribution in [3.63, 3.8) is 0 Å². The number of hydrogen-bond acceptors (Lipinski definition) is 3. The Morgan fingerprint density at radius 1 is 1.48 bits per heavy atom. The number of primary amides is 1. The minimum absolute atomic E-state index is 0.138. The van der Waals surface area contributed by atoms with Crippen molar-refractivity contribution in [2.24, 2.45) is 17.6 Å². The van der Waals surface area contributed by atoms with E-state index in [1.54, 1.807) is 15.7 Å². The van der Waals surface area contributed by atoms with Crippen molar-refractivity contribution in [1.82, 2.24) is 14.7 Å². The van der Waals surface area contributed by atoms with Gasteiger partial charge in [-0.1, -0.05) is 25.4 Å². The number of nitrogens with zero attached hydrogens (tertiary/aromatic N) is 3. The van der Waals surface area contributed by atoms with Crippen molar-refractivity contribution < 1.29 is 9.59 Å². The molecule has 1 aromatic heterocycles. The van der Waals surface area contributed by atoms with Crippen molar-refractivity contribution in [1.29, 1.82) is 0 Å². The van der Waals surface area contributed by atoms with E-state index >= 15 is 0 Å². The third kappa shape index (κ3) is 4.13. The van der Waals surface area contributed by atoms with Crippen LogP contribution in [0.4, 0.5) is 0 Å². The van der Waals surface area contributed by atoms with E-state index in [9.17, 15) is 9.59 Å². The fourth-order valence-corrected chi connectivity index (χ4v) is 2.98. The summed E-state index contributed by atoms with van der Waals surface area (Å²) in [7, 11) is 0. The third-order valence-electron chi connectivity index (χ3n) is 3.94. The maximum Gasteiger partial charge on any atom is 0.246 e. The average molecular weight is 339 g/mol. The molecule has 7 heteroatoms. The van der Waals surface area contributed by atoms with Gasteiger partial charge in [-0.15, -0.1) is 0 Å². The predicted octanol–water partition coefficient (Wildman–Crippen LogP) is 1.85. The van der Waals surface area contributed by atoms with Crippen LogP contribution < -0.4 is 5.73 Å². The molecule has 0 radical (unpaired) electrons. The summed E-state index contributed by atoms with van der Waals surface area (Å²) in [6.45, 7) is 7.72. The standard InChI is InChI=1S/C16H23ClN4O2/c1-10(2)8-21-15(17)13(11(3)19-21)4-5-14(22)20-7-6-12(9-20)16(18)23/h4-5,10,12H,6-9H2,1-3H3,(H2,18,23)/b5-4+/t12-/m0/s1. The summed E-state index contributed by atoms with van der Waals surface area (Å²) in [4.78, 5) is 25.0. The second-order valence-corrected chi connectivity index (χ2v) is 6.73. The maximum atomic E-state index is 12.2. The Labute approximate surface area is 141 Å². The number of halogens is 1. The number of rotatable bonds is 5. The fourth-order valence-electron chi connectivity index (χ4n) is 2.68. The molecule has 1 aliphatic rings. The molecule has 0 aliphatic carbocycles. The monoisotopic (exact) mass is 338 g/mol. The van der Waals surface area contributed by atoms with Crippen LogP contribution in [-0.4, -0.2) is 39.6 Å². The Morgan fingerprint density at radius 2 is 2.17 bits per heavy atom. The van der Waals surface area contributed by atoms with E-state index in [0.717, 1.165) is 17.8 Å². The number of nitrogens with two attached hydrogens (primary N) is 1. The van der Waals surface area contributed by atoms with Crippen LogP contribution in [0.5, 0.6) is 0 Å². The van der Waals surface area contributed by atoms with Crippen molar-refractivity contribution in [2.45, 2.75) is 33.7 Å². The van der Waals surface area contributed by atoms with Gasteiger partial charge in [0, 0.05) is 31.3 Å². The molecule has 2 N–H and O–H groups in total. The Hall–Kier alpha value is -1.82. The first-order chi connectivity index (χ1) is 10.8. The van der Waals surface area contributed by atoms with Crippen LogP contribution in [0.15, 0.2) is 6.08 Å². The van der Waals surface area contributed by atoms with Gasteiger partial charge in [0.05, 0.1) is 11.6 Å². The minimum atomic E-state index is -0.349. The van der Waals surface area contributed by atoms with Gasteiger partial charge in [0.25, 0.3) is 0 Å². The Kier molecular flexibility index (Phi) is 5.46. The molecule has 2 amide bonds. The Bertz CT molecular complexity index is 636. The van der Waals surface area contributed by atoms with Crippen LogP contribution in [0.3, 0.4) is 0 Å². The molecule has 0 unspecified atom stereocenters. The predicted molar refractivity (Wildman–Crippen MR) is 89.7 cm³/mol. The van der Waals surface area contributed by atoms with E-state index in [4.69, 9.17) is 17.3 Å². The highest BCUT2D eigenvalue weighted by molar-refractivity contribution is 6.31. The lowest BCUT2D eigenvalue weighted by Crippen LogP contribution is -2.30. The van der Waals surface area contributed by atoms with Crippen LogP contribution in [0, 0.1) is 18.8 Å². The summed E-state index contributed by atoms with van der Waals surface area (Å²) in [6.07, 6.45) is 3.81. The molecule has 2 heterocycles. The molecule has 1 aromatic rings. The van der Waals surface area contributed by atoms with E-state index in [2.05, 4.69) is 18.9 Å². The summed E-state index contributed by atoms with van der Waals surface area (Å²) in [6, 6.07) is 0. The SMILES string of the molecule is Cc1nn(CC(C)C)c(Cl)c1/C=C/C(=O)N1CC[C@H](C(N)=O)C1. The Morgan fingerprint density at radius 3 is 2.74 bits per heavy atom. The topological polar surface area (TPSA) is 81.2 Å². The van der Waals surface area contributed by atoms with Crippen LogP contribution >= 0.6 is 11.6 Å². The maximum absolute atomic E-state index is 12.2. The van der Waals surface area contributed by atoms with Gasteiger partial charge >= 0.3 is 0 Å². The highest BCUT2D eigenvalue weighted by Crippen LogP contribution is 2.23. The third-order valence-corrected chi connectivity index (χ3v) is 4.34. The molecule has 1 saturated heterocycles. The van der Waals surface area contributed by atoms with Gasteiger partial charge in [-0.05, 0) is 25.3 Å². The van der Waals surface area contributed by atoms with E-state index in [0.29, 0.717) is 30.6 Å². The first kappa shape index (κ1) is 17.5. The fraction of sp³-hybridized carbons (Fsp3) is 0.562. The van der Waals surface area contributed by atoms with Gasteiger partial charge in [0.1, 0.15) is 5.15 Å². The van der Waals surface area contributed by atoms with Gasteiger partial charge in [0.15, 0.2) is 0 Å². The van der Waals surface area contributed by atoms with Crippen LogP contribution in [0.25, 0.3) is 6.08 Å². The van der Waals surface area contributed by atoms with Crippen LogP contribution in [0.1, 0.15) is 31.5 Å². The smallest absolute Gasteiger partial charge is 0.246 e. The van der Waals surface area contributed by atoms with Gasteiger partial charge in [-0.2, -0.15) is 5.10 Å². The van der Waals surface area contributed by atoms with Crippen molar-refractivity contribution in [2.75, 3.05) is 13.1 Å². The molecule has 1 atom stereocenters. The molecule has 0 spiro atoms. The number of carbonyl (C=O) groups is 2. The van der Waals surface area contributed by atoms with Crippen molar-refractivity contribution >= 4 is 29.5 Å². The summed E-state index contributed by atoms with van der Waals surface area (Å²) in [5.41, 5.74) is 6.83. The molecular formula is C16H23ClN4O2. The molecular weight excluding hydrogens is 316 g/mol. The normalized spacial score (nSPS) is 18.3. The molecule has 6 nitrogen and oxygen atoms in total. The second kappa shape index (κ2) is 7.17. The van der Waals surface area contributed by atoms with Crippen molar-refractivity contribution in [3.05, 3.63) is 22.5 Å². The zero-order valence-corrected chi connectivity index (χ0v) is 14.5. The molecule has 0 bridgehead atoms. The molecule has 23 heavy (non-hydrogen) atoms. The summed E-state index contributed by atoms with van der Waals surface area (Å²) in [5, 5.41) is 4.95. The summed E-state index contributed by atoms with van der Waals surface area (Å²) >= 11 is 6.34. The van der Waals surface area contributed by atoms with Gasteiger partial charge < -0.3 is 10.6 Å². The number of hydrogen-bond donors (Lipinski definition) is 1. The number of likely N-dealkylation sites (tertiary alicyclic amines) is 1. The molecule has 126 valence electrons. The van der Waals surface area contributed by atoms with E-state index < -0.39 is 0 Å². The van der Waals surface area contributed by atoms with Gasteiger partial charge in [0.2, 0.25) is 11.8 Å². The zero-order valence-electron chi connectivity index (χ0n) is 13.8. The minimum Gasteiger partial charge on any atom is -0.369 e. The van der Waals surface area contributed by atoms with Gasteiger partial charge in [-0.25, -0.2) is 0 Å². The number of amides is 2. The van der Waals surface area contributed by atoms with E-state index in [-0.39, 0.29) is 17.7 Å². The molecule has 0 aromatic carbocycles. The second-order valence-electron chi connectivity index (χ2n) is 6.37. The highest BCUT2D eigenvalue weighted by Gasteiger charge is 2.28. The van der Waals surface area contributed by atoms with Crippen molar-refractivity contribution in [3.8, 4) is 0 Å². The number of carbonyl (C=O) groups excluding carboxylic acids is 2. The summed E-state index contributed by atoms with van der Waals surface area (Å²) < 4.78 is 1.75. The average Bonchev–Trinajstić information content (AvgIpc) is 3.04. The number of aryl methyl sites for hydroxylation is 1. The van der Waals surface area contributed by atoms with E-state index in [1.165, 1.54) is 6.08 Å². The zero-order chi connectivity index (χ0) is 17.1. The van der Waals surface area contributed by atoms with E-state index in [1.807, 2.05) is 6.92 Å². The highest BCUT2D eigenvalue weighted by atomic mass is 35.5. The number of aromatic nitrogens is 2. The van der Waals surface area contributed by atoms with Crippen LogP contribution in [-0.2, 0) is 16.1 Å². The first-order valence-electron chi connectivity index (χ1n) is 7.78. The quantitative estimate of drug-likeness (QED) is 0.832. The molecule has 1 aliphatic heterocycles. The summed E-state index contributed by atoms with van der Waals surface area (Å²) in [5.74, 6) is -0.300. The molecule has 0 saturated carbocycles. The largest absolute Gasteiger partial charge is 0.369 e. The molecule has 2 rings (SSSR count). The first-order valence-corrected chi connectivity index (χ1v) is 8.16. The Balaban J connectivity index is 2.07. The van der Waals surface area contributed by atoms with Gasteiger partial charge in [-0.3, -0.25) is 14.3 Å². The van der Waals surface area contributed by atoms with Crippen LogP contribution in [0.2, 0.25) is 5.15 Å². The molecule has 1 fully saturated rings. The lowest BCUT2D eigenvalue weighted by Gasteiger charge is -2.13. The lowest BCUT2D eigenvalue weighted by molar-refractivity contribution is -0.125.